The van der Waals surface area contributed by atoms with Gasteiger partial charge in [0, 0.05) is 151 Å². The first kappa shape index (κ1) is 91.7. The SMILES string of the molecule is Cc1cc(-c2ncccc2-c2ccc(=N)n(C=N)c2)ccc1F.Cc1cc(-c2ncccc2-c2ccc3ncsc3c2)ccc1F.Cc1cc(-c2ncccc2-c2ccc3scnc3c2)ccc1F.Cc1cccc(-c2ncccc2-c2ccc(=N)n(C=N)c2)c1.Cc1cccc(-c2ncccc2-c2ccc3ncsc3c2)c1.N#Cc1cc(-c2ncccc2-c2cnc3c(c2)C=NC3)ccc1F. The summed E-state index contributed by atoms with van der Waals surface area (Å²) in [5.41, 5.74) is 37.9. The molecule has 0 atom stereocenters. The molecule has 0 saturated carbocycles. The number of hydrogen-bond donors (Lipinski definition) is 4. The van der Waals surface area contributed by atoms with E-state index in [4.69, 9.17) is 26.9 Å². The summed E-state index contributed by atoms with van der Waals surface area (Å²) in [6.45, 7) is 10.0. The van der Waals surface area contributed by atoms with Crippen LogP contribution in [-0.2, 0) is 6.54 Å². The molecule has 0 saturated heterocycles. The number of aryl methyl sites for hydroxylation is 5. The molecule has 22 rings (SSSR count). The second-order valence-electron chi connectivity index (χ2n) is 31.8. The molecular formula is C112H82F4N18S3. The topological polar surface area (TPSA) is 270 Å². The predicted molar refractivity (Wildman–Crippen MR) is 544 cm³/mol. The van der Waals surface area contributed by atoms with Crippen LogP contribution in [0.1, 0.15) is 44.6 Å². The third-order valence-corrected chi connectivity index (χ3v) is 25.0. The summed E-state index contributed by atoms with van der Waals surface area (Å²) in [5.74, 6) is -1.17. The van der Waals surface area contributed by atoms with Crippen molar-refractivity contribution in [3.63, 3.8) is 0 Å². The number of pyridine rings is 9. The van der Waals surface area contributed by atoms with Gasteiger partial charge in [0.05, 0.1) is 112 Å². The van der Waals surface area contributed by atoms with Crippen molar-refractivity contribution in [1.29, 1.82) is 26.9 Å². The van der Waals surface area contributed by atoms with E-state index < -0.39 is 5.82 Å². The minimum Gasteiger partial charge on any atom is -0.292 e. The van der Waals surface area contributed by atoms with E-state index in [9.17, 15) is 17.6 Å². The predicted octanol–water partition coefficient (Wildman–Crippen LogP) is 27.1. The number of nitriles is 1. The van der Waals surface area contributed by atoms with Gasteiger partial charge in [-0.15, -0.1) is 34.0 Å². The molecule has 12 aromatic heterocycles. The Balaban J connectivity index is 0.000000114. The van der Waals surface area contributed by atoms with Crippen molar-refractivity contribution >= 4 is 83.6 Å². The standard InChI is InChI=1S/C19H11FN4.2C19H13FN2S.C19H14N2S.C18H15FN4.C18H16N4/c20-17-4-3-12(6-13(17)8-21)19-16(2-1-5-23-19)14-7-15-9-22-11-18(15)24-10-14;1-12-9-14(4-6-16(12)20)19-15(3-2-8-21-19)13-5-7-18-17(10-13)22-11-23-18;1-12-9-14(4-6-16(12)20)19-15(3-2-8-21-19)13-5-7-17-18(10-13)23-11-22-17;1-13-4-2-5-15(10-13)19-16(6-3-9-20-19)14-7-8-17-18(11-14)22-12-21-17;1-12-9-13(4-6-16(12)19)18-15(3-2-8-22-18)14-5-7-17(21)23(10-14)11-20;1-13-4-2-5-14(10-13)18-16(6-3-9-21-18)15-7-8-17(20)22(11-15)12-19/h1-7,9-10H,11H2;2*2-11H,1H3;2-12H,1H3;2-11,20-21H,1H3;2-12,19-20H,1H3. The quantitative estimate of drug-likeness (QED) is 0.0451. The van der Waals surface area contributed by atoms with Crippen molar-refractivity contribution in [1.82, 2.24) is 59.0 Å². The summed E-state index contributed by atoms with van der Waals surface area (Å²) >= 11 is 4.92. The second-order valence-corrected chi connectivity index (χ2v) is 34.5. The first-order valence-corrected chi connectivity index (χ1v) is 45.8. The largest absolute Gasteiger partial charge is 0.292 e. The fourth-order valence-electron chi connectivity index (χ4n) is 15.7. The molecule has 21 aromatic rings. The van der Waals surface area contributed by atoms with Crippen LogP contribution < -0.4 is 11.0 Å². The van der Waals surface area contributed by atoms with Gasteiger partial charge in [-0.2, -0.15) is 5.26 Å². The molecule has 0 bridgehead atoms. The van der Waals surface area contributed by atoms with Crippen LogP contribution in [0, 0.1) is 90.9 Å². The first-order chi connectivity index (χ1) is 66.8. The Bertz CT molecular complexity index is 8150. The lowest BCUT2D eigenvalue weighted by atomic mass is 9.98. The Labute approximate surface area is 798 Å². The molecule has 0 aliphatic carbocycles. The number of aromatic nitrogens is 12. The van der Waals surface area contributed by atoms with Crippen LogP contribution in [0.5, 0.6) is 0 Å². The highest BCUT2D eigenvalue weighted by Crippen LogP contribution is 2.40. The minimum atomic E-state index is -0.533. The van der Waals surface area contributed by atoms with Crippen molar-refractivity contribution in [2.75, 3.05) is 0 Å². The van der Waals surface area contributed by atoms with Crippen LogP contribution in [0.2, 0.25) is 0 Å². The molecule has 13 heterocycles. The fourth-order valence-corrected chi connectivity index (χ4v) is 17.8. The van der Waals surface area contributed by atoms with E-state index in [1.54, 1.807) is 147 Å². The smallest absolute Gasteiger partial charge is 0.140 e. The number of nitrogens with one attached hydrogen (secondary N) is 4. The average Bonchev–Trinajstić information content (AvgIpc) is 1.80. The highest BCUT2D eigenvalue weighted by molar-refractivity contribution is 7.17. The zero-order valence-electron chi connectivity index (χ0n) is 74.4. The van der Waals surface area contributed by atoms with E-state index in [-0.39, 0.29) is 34.0 Å². The first-order valence-electron chi connectivity index (χ1n) is 43.2. The second kappa shape index (κ2) is 42.1. The summed E-state index contributed by atoms with van der Waals surface area (Å²) < 4.78 is 60.6. The van der Waals surface area contributed by atoms with Gasteiger partial charge in [-0.25, -0.2) is 32.5 Å². The zero-order chi connectivity index (χ0) is 95.0. The number of fused-ring (bicyclic) bond motifs is 4. The molecule has 0 amide bonds. The van der Waals surface area contributed by atoms with Gasteiger partial charge < -0.3 is 0 Å². The summed E-state index contributed by atoms with van der Waals surface area (Å²) in [6, 6.07) is 89.5. The molecule has 9 aromatic carbocycles. The Morgan fingerprint density at radius 1 is 0.321 bits per heavy atom. The fraction of sp³-hybridized carbons (Fsp3) is 0.0536. The molecule has 0 radical (unpaired) electrons. The van der Waals surface area contributed by atoms with Crippen molar-refractivity contribution < 1.29 is 17.6 Å². The number of rotatable bonds is 14. The van der Waals surface area contributed by atoms with E-state index in [1.165, 1.54) is 60.9 Å². The molecule has 25 heteroatoms. The van der Waals surface area contributed by atoms with Gasteiger partial charge >= 0.3 is 0 Å². The Morgan fingerprint density at radius 2 is 0.672 bits per heavy atom. The highest BCUT2D eigenvalue weighted by atomic mass is 32.1. The van der Waals surface area contributed by atoms with Crippen LogP contribution in [0.3, 0.4) is 0 Å². The van der Waals surface area contributed by atoms with Gasteiger partial charge in [0.2, 0.25) is 0 Å². The monoisotopic (exact) mass is 1850 g/mol. The van der Waals surface area contributed by atoms with Crippen molar-refractivity contribution in [2.24, 2.45) is 4.99 Å². The molecule has 1 aliphatic rings. The summed E-state index contributed by atoms with van der Waals surface area (Å²) in [4.78, 5) is 48.8. The van der Waals surface area contributed by atoms with Gasteiger partial charge in [-0.3, -0.25) is 70.7 Å². The van der Waals surface area contributed by atoms with Gasteiger partial charge in [0.15, 0.2) is 0 Å². The van der Waals surface area contributed by atoms with E-state index in [0.29, 0.717) is 34.5 Å². The lowest BCUT2D eigenvalue weighted by molar-refractivity contribution is 0.618. The maximum atomic E-state index is 13.6. The molecule has 0 unspecified atom stereocenters. The molecule has 137 heavy (non-hydrogen) atoms. The third-order valence-electron chi connectivity index (χ3n) is 22.7. The van der Waals surface area contributed by atoms with Crippen LogP contribution in [0.25, 0.3) is 165 Å². The van der Waals surface area contributed by atoms with Crippen LogP contribution in [0.15, 0.2) is 356 Å². The van der Waals surface area contributed by atoms with E-state index >= 15 is 0 Å². The number of benzene rings is 9. The molecule has 1 aliphatic heterocycles. The van der Waals surface area contributed by atoms with Crippen LogP contribution >= 0.6 is 34.0 Å². The zero-order valence-corrected chi connectivity index (χ0v) is 76.9. The average molecular weight is 1850 g/mol. The molecular weight excluding hydrogens is 1770 g/mol. The van der Waals surface area contributed by atoms with Gasteiger partial charge in [0.1, 0.15) is 40.3 Å². The molecule has 4 N–H and O–H groups in total. The number of thiazole rings is 3. The number of halogens is 4. The Hall–Kier alpha value is -17.2. The van der Waals surface area contributed by atoms with E-state index in [0.717, 1.165) is 167 Å². The maximum absolute atomic E-state index is 13.6. The van der Waals surface area contributed by atoms with Gasteiger partial charge in [0.25, 0.3) is 0 Å². The van der Waals surface area contributed by atoms with E-state index in [1.807, 2.05) is 150 Å². The van der Waals surface area contributed by atoms with Crippen LogP contribution in [-0.4, -0.2) is 77.9 Å². The number of nitrogens with zero attached hydrogens (tertiary/aromatic N) is 14. The summed E-state index contributed by atoms with van der Waals surface area (Å²) in [6.07, 6.45) is 19.9. The highest BCUT2D eigenvalue weighted by Gasteiger charge is 2.20. The number of aliphatic imine (C=N–C) groups is 1. The van der Waals surface area contributed by atoms with Gasteiger partial charge in [-0.1, -0.05) is 102 Å². The van der Waals surface area contributed by atoms with E-state index in [2.05, 4.69) is 160 Å². The lowest BCUT2D eigenvalue weighted by Gasteiger charge is -2.11. The van der Waals surface area contributed by atoms with Gasteiger partial charge in [-0.05, 0) is 256 Å². The Morgan fingerprint density at radius 3 is 1.07 bits per heavy atom. The molecule has 18 nitrogen and oxygen atoms in total. The van der Waals surface area contributed by atoms with Crippen LogP contribution in [0.4, 0.5) is 17.6 Å². The molecule has 0 fully saturated rings. The summed E-state index contributed by atoms with van der Waals surface area (Å²) in [5, 5.41) is 39.3. The third kappa shape index (κ3) is 21.2. The minimum absolute atomic E-state index is 0.00307. The molecule has 0 spiro atoms. The summed E-state index contributed by atoms with van der Waals surface area (Å²) in [7, 11) is 0. The van der Waals surface area contributed by atoms with Crippen molar-refractivity contribution in [3.05, 3.63) is 430 Å². The molecule has 666 valence electrons. The van der Waals surface area contributed by atoms with Crippen molar-refractivity contribution in [3.8, 4) is 140 Å². The number of hydrogen-bond acceptors (Lipinski definition) is 19. The van der Waals surface area contributed by atoms with Crippen molar-refractivity contribution in [2.45, 2.75) is 41.2 Å². The lowest BCUT2D eigenvalue weighted by Crippen LogP contribution is -2.17. The maximum Gasteiger partial charge on any atom is 0.140 e. The normalized spacial score (nSPS) is 11.0. The Kier molecular flexibility index (Phi) is 28.2.